The lowest BCUT2D eigenvalue weighted by Gasteiger charge is -2.27. The molecule has 0 aliphatic carbocycles. The highest BCUT2D eigenvalue weighted by atomic mass is 32.1. The molecule has 0 bridgehead atoms. The molecule has 2 heterocycles. The molecular weight excluding hydrogens is 452 g/mol. The van der Waals surface area contributed by atoms with Crippen molar-refractivity contribution < 1.29 is 14.5 Å². The van der Waals surface area contributed by atoms with Crippen LogP contribution < -0.4 is 4.90 Å². The van der Waals surface area contributed by atoms with Gasteiger partial charge in [-0.25, -0.2) is 4.98 Å². The molecule has 1 fully saturated rings. The summed E-state index contributed by atoms with van der Waals surface area (Å²) in [6.45, 7) is 8.83. The SMILES string of the molecule is Cc1cc2nc(N(CCCN3CCOCC3)C(=O)/C=C/c3cccc([N+](=O)[O-])c3)sc2cc1C. The standard InChI is InChI=1S/C25H28N4O4S/c1-18-15-22-23(16-19(18)2)34-25(26-22)28(10-4-9-27-11-13-33-14-12-27)24(30)8-7-20-5-3-6-21(17-20)29(31)32/h3,5-8,15-17H,4,9-14H2,1-2H3/b8-7+. The lowest BCUT2D eigenvalue weighted by molar-refractivity contribution is -0.384. The van der Waals surface area contributed by atoms with E-state index in [4.69, 9.17) is 9.72 Å². The van der Waals surface area contributed by atoms with Crippen LogP contribution in [0.3, 0.4) is 0 Å². The molecule has 1 aromatic heterocycles. The molecule has 34 heavy (non-hydrogen) atoms. The van der Waals surface area contributed by atoms with E-state index >= 15 is 0 Å². The lowest BCUT2D eigenvalue weighted by atomic mass is 10.1. The Morgan fingerprint density at radius 1 is 1.24 bits per heavy atom. The monoisotopic (exact) mass is 480 g/mol. The number of benzene rings is 2. The summed E-state index contributed by atoms with van der Waals surface area (Å²) in [5.74, 6) is -0.194. The zero-order valence-corrected chi connectivity index (χ0v) is 20.2. The number of anilines is 1. The molecule has 0 unspecified atom stereocenters. The minimum Gasteiger partial charge on any atom is -0.379 e. The fourth-order valence-electron chi connectivity index (χ4n) is 3.86. The summed E-state index contributed by atoms with van der Waals surface area (Å²) in [5, 5.41) is 11.7. The number of non-ortho nitro benzene ring substituents is 1. The number of morpholine rings is 1. The molecule has 2 aromatic carbocycles. The third-order valence-electron chi connectivity index (χ3n) is 5.95. The largest absolute Gasteiger partial charge is 0.379 e. The number of nitro groups is 1. The van der Waals surface area contributed by atoms with Crippen molar-refractivity contribution in [3.63, 3.8) is 0 Å². The average molecular weight is 481 g/mol. The number of aromatic nitrogens is 1. The molecule has 0 saturated carbocycles. The molecular formula is C25H28N4O4S. The number of nitrogens with zero attached hydrogens (tertiary/aromatic N) is 4. The van der Waals surface area contributed by atoms with Crippen LogP contribution >= 0.6 is 11.3 Å². The topological polar surface area (TPSA) is 88.8 Å². The van der Waals surface area contributed by atoms with Crippen LogP contribution in [-0.4, -0.2) is 60.1 Å². The van der Waals surface area contributed by atoms with Gasteiger partial charge in [0.25, 0.3) is 11.6 Å². The Morgan fingerprint density at radius 2 is 2.00 bits per heavy atom. The molecule has 0 radical (unpaired) electrons. The second kappa shape index (κ2) is 10.9. The molecule has 4 rings (SSSR count). The summed E-state index contributed by atoms with van der Waals surface area (Å²) < 4.78 is 6.47. The van der Waals surface area contributed by atoms with Crippen LogP contribution in [-0.2, 0) is 9.53 Å². The number of hydrogen-bond acceptors (Lipinski definition) is 7. The average Bonchev–Trinajstić information content (AvgIpc) is 3.23. The number of amides is 1. The van der Waals surface area contributed by atoms with Crippen molar-refractivity contribution in [2.24, 2.45) is 0 Å². The number of rotatable bonds is 8. The van der Waals surface area contributed by atoms with Crippen LogP contribution in [0, 0.1) is 24.0 Å². The van der Waals surface area contributed by atoms with Gasteiger partial charge in [0, 0.05) is 44.4 Å². The van der Waals surface area contributed by atoms with Crippen molar-refractivity contribution in [3.8, 4) is 0 Å². The maximum atomic E-state index is 13.3. The predicted octanol–water partition coefficient (Wildman–Crippen LogP) is 4.59. The van der Waals surface area contributed by atoms with Crippen molar-refractivity contribution in [2.75, 3.05) is 44.3 Å². The van der Waals surface area contributed by atoms with Crippen LogP contribution in [0.15, 0.2) is 42.5 Å². The Bertz CT molecular complexity index is 1180. The van der Waals surface area contributed by atoms with Gasteiger partial charge in [-0.05, 0) is 55.2 Å². The lowest BCUT2D eigenvalue weighted by Crippen LogP contribution is -2.39. The van der Waals surface area contributed by atoms with Crippen LogP contribution in [0.4, 0.5) is 10.8 Å². The van der Waals surface area contributed by atoms with E-state index in [1.54, 1.807) is 23.1 Å². The number of hydrogen-bond donors (Lipinski definition) is 0. The van der Waals surface area contributed by atoms with Crippen molar-refractivity contribution in [2.45, 2.75) is 20.3 Å². The first-order chi connectivity index (χ1) is 16.4. The Balaban J connectivity index is 1.55. The fourth-order valence-corrected chi connectivity index (χ4v) is 4.94. The number of carbonyl (C=O) groups excluding carboxylic acids is 1. The van der Waals surface area contributed by atoms with Crippen LogP contribution in [0.25, 0.3) is 16.3 Å². The van der Waals surface area contributed by atoms with E-state index in [9.17, 15) is 14.9 Å². The molecule has 1 amide bonds. The van der Waals surface area contributed by atoms with Gasteiger partial charge in [0.05, 0.1) is 28.4 Å². The number of aryl methyl sites for hydroxylation is 2. The fraction of sp³-hybridized carbons (Fsp3) is 0.360. The van der Waals surface area contributed by atoms with Crippen molar-refractivity contribution in [1.82, 2.24) is 9.88 Å². The number of fused-ring (bicyclic) bond motifs is 1. The van der Waals surface area contributed by atoms with Gasteiger partial charge in [-0.1, -0.05) is 23.5 Å². The zero-order chi connectivity index (χ0) is 24.1. The van der Waals surface area contributed by atoms with E-state index in [-0.39, 0.29) is 11.6 Å². The second-order valence-electron chi connectivity index (χ2n) is 8.38. The van der Waals surface area contributed by atoms with E-state index < -0.39 is 4.92 Å². The predicted molar refractivity (Wildman–Crippen MR) is 135 cm³/mol. The quantitative estimate of drug-likeness (QED) is 0.266. The normalized spacial score (nSPS) is 14.6. The van der Waals surface area contributed by atoms with Gasteiger partial charge in [-0.15, -0.1) is 0 Å². The third-order valence-corrected chi connectivity index (χ3v) is 6.99. The van der Waals surface area contributed by atoms with E-state index in [2.05, 4.69) is 30.9 Å². The summed E-state index contributed by atoms with van der Waals surface area (Å²) in [4.78, 5) is 32.7. The van der Waals surface area contributed by atoms with Crippen molar-refractivity contribution >= 4 is 44.4 Å². The van der Waals surface area contributed by atoms with Crippen LogP contribution in [0.2, 0.25) is 0 Å². The van der Waals surface area contributed by atoms with Gasteiger partial charge in [-0.2, -0.15) is 0 Å². The van der Waals surface area contributed by atoms with E-state index in [1.807, 2.05) is 0 Å². The highest BCUT2D eigenvalue weighted by molar-refractivity contribution is 7.22. The summed E-state index contributed by atoms with van der Waals surface area (Å²) in [6.07, 6.45) is 3.90. The van der Waals surface area contributed by atoms with Gasteiger partial charge in [0.2, 0.25) is 0 Å². The molecule has 9 heteroatoms. The first-order valence-corrected chi connectivity index (χ1v) is 12.1. The van der Waals surface area contributed by atoms with Crippen molar-refractivity contribution in [3.05, 3.63) is 69.3 Å². The molecule has 3 aromatic rings. The van der Waals surface area contributed by atoms with Gasteiger partial charge < -0.3 is 4.74 Å². The molecule has 1 aliphatic heterocycles. The molecule has 1 saturated heterocycles. The summed E-state index contributed by atoms with van der Waals surface area (Å²) in [5.41, 5.74) is 3.84. The first kappa shape index (κ1) is 24.0. The highest BCUT2D eigenvalue weighted by Gasteiger charge is 2.19. The molecule has 178 valence electrons. The summed E-state index contributed by atoms with van der Waals surface area (Å²) in [7, 11) is 0. The molecule has 0 spiro atoms. The van der Waals surface area contributed by atoms with E-state index in [1.165, 1.54) is 40.7 Å². The van der Waals surface area contributed by atoms with E-state index in [0.29, 0.717) is 17.2 Å². The molecule has 1 aliphatic rings. The van der Waals surface area contributed by atoms with Crippen molar-refractivity contribution in [1.29, 1.82) is 0 Å². The Hall–Kier alpha value is -3.14. The first-order valence-electron chi connectivity index (χ1n) is 11.3. The smallest absolute Gasteiger partial charge is 0.270 e. The minimum atomic E-state index is -0.442. The Kier molecular flexibility index (Phi) is 7.66. The second-order valence-corrected chi connectivity index (χ2v) is 9.39. The minimum absolute atomic E-state index is 0.00567. The Labute approximate surface area is 202 Å². The molecule has 0 atom stereocenters. The Morgan fingerprint density at radius 3 is 2.76 bits per heavy atom. The molecule has 8 nitrogen and oxygen atoms in total. The highest BCUT2D eigenvalue weighted by Crippen LogP contribution is 2.31. The van der Waals surface area contributed by atoms with E-state index in [0.717, 1.165) is 49.5 Å². The van der Waals surface area contributed by atoms with Crippen LogP contribution in [0.5, 0.6) is 0 Å². The van der Waals surface area contributed by atoms with Gasteiger partial charge in [0.1, 0.15) is 0 Å². The van der Waals surface area contributed by atoms with Gasteiger partial charge >= 0.3 is 0 Å². The maximum Gasteiger partial charge on any atom is 0.270 e. The van der Waals surface area contributed by atoms with Gasteiger partial charge in [-0.3, -0.25) is 24.7 Å². The third kappa shape index (κ3) is 5.85. The number of thiazole rings is 1. The number of nitro benzene ring substituents is 1. The summed E-state index contributed by atoms with van der Waals surface area (Å²) >= 11 is 1.51. The van der Waals surface area contributed by atoms with Gasteiger partial charge in [0.15, 0.2) is 5.13 Å². The molecule has 0 N–H and O–H groups in total. The van der Waals surface area contributed by atoms with Crippen LogP contribution in [0.1, 0.15) is 23.1 Å². The zero-order valence-electron chi connectivity index (χ0n) is 19.4. The summed E-state index contributed by atoms with van der Waals surface area (Å²) in [6, 6.07) is 10.4. The number of carbonyl (C=O) groups is 1. The maximum absolute atomic E-state index is 13.3. The number of ether oxygens (including phenoxy) is 1.